The van der Waals surface area contributed by atoms with Crippen LogP contribution in [0.1, 0.15) is 38.7 Å². The SMILES string of the molecule is CC(C)CC(CCO)CNC(=O)CCc1ccccc1N.Cl. The van der Waals surface area contributed by atoms with Gasteiger partial charge in [0.15, 0.2) is 0 Å². The second kappa shape index (κ2) is 11.3. The number of carbonyl (C=O) groups excluding carboxylic acids is 1. The molecule has 126 valence electrons. The molecule has 0 aromatic heterocycles. The van der Waals surface area contributed by atoms with Crippen molar-refractivity contribution < 1.29 is 9.90 Å². The molecular weight excluding hydrogens is 300 g/mol. The van der Waals surface area contributed by atoms with E-state index in [2.05, 4.69) is 19.2 Å². The van der Waals surface area contributed by atoms with Crippen LogP contribution in [0.2, 0.25) is 0 Å². The first-order valence-corrected chi connectivity index (χ1v) is 7.73. The minimum Gasteiger partial charge on any atom is -0.399 e. The lowest BCUT2D eigenvalue weighted by atomic mass is 9.94. The summed E-state index contributed by atoms with van der Waals surface area (Å²) in [5.41, 5.74) is 7.62. The van der Waals surface area contributed by atoms with E-state index in [9.17, 15) is 4.79 Å². The average Bonchev–Trinajstić information content (AvgIpc) is 2.43. The van der Waals surface area contributed by atoms with Gasteiger partial charge in [0.1, 0.15) is 0 Å². The Kier molecular flexibility index (Phi) is 10.7. The van der Waals surface area contributed by atoms with Crippen molar-refractivity contribution in [3.8, 4) is 0 Å². The summed E-state index contributed by atoms with van der Waals surface area (Å²) in [4.78, 5) is 11.9. The fourth-order valence-corrected chi connectivity index (χ4v) is 2.51. The van der Waals surface area contributed by atoms with Gasteiger partial charge in [0.25, 0.3) is 0 Å². The number of rotatable bonds is 9. The maximum atomic E-state index is 11.9. The first kappa shape index (κ1) is 20.7. The number of aliphatic hydroxyl groups is 1. The standard InChI is InChI=1S/C17H28N2O2.ClH/c1-13(2)11-14(9-10-20)12-19-17(21)8-7-15-5-3-4-6-16(15)18;/h3-6,13-14,20H,7-12,18H2,1-2H3,(H,19,21);1H. The van der Waals surface area contributed by atoms with Gasteiger partial charge in [-0.05, 0) is 42.7 Å². The normalized spacial score (nSPS) is 11.8. The summed E-state index contributed by atoms with van der Waals surface area (Å²) in [6.45, 7) is 5.13. The number of aryl methyl sites for hydroxylation is 1. The third-order valence-electron chi connectivity index (χ3n) is 3.61. The summed E-state index contributed by atoms with van der Waals surface area (Å²) < 4.78 is 0. The lowest BCUT2D eigenvalue weighted by Crippen LogP contribution is -2.30. The van der Waals surface area contributed by atoms with Crippen molar-refractivity contribution in [2.24, 2.45) is 11.8 Å². The number of nitrogens with two attached hydrogens (primary N) is 1. The maximum Gasteiger partial charge on any atom is 0.220 e. The van der Waals surface area contributed by atoms with Crippen LogP contribution >= 0.6 is 12.4 Å². The molecule has 0 aliphatic rings. The summed E-state index contributed by atoms with van der Waals surface area (Å²) in [6.07, 6.45) is 2.87. The van der Waals surface area contributed by atoms with Gasteiger partial charge in [-0.1, -0.05) is 32.0 Å². The molecule has 1 atom stereocenters. The van der Waals surface area contributed by atoms with Crippen LogP contribution in [0.15, 0.2) is 24.3 Å². The molecule has 0 heterocycles. The summed E-state index contributed by atoms with van der Waals surface area (Å²) in [7, 11) is 0. The van der Waals surface area contributed by atoms with Gasteiger partial charge < -0.3 is 16.2 Å². The third-order valence-corrected chi connectivity index (χ3v) is 3.61. The molecule has 0 aliphatic heterocycles. The average molecular weight is 329 g/mol. The highest BCUT2D eigenvalue weighted by Crippen LogP contribution is 2.15. The topological polar surface area (TPSA) is 75.3 Å². The Hall–Kier alpha value is -1.26. The van der Waals surface area contributed by atoms with Crippen LogP contribution in [-0.2, 0) is 11.2 Å². The molecule has 0 saturated carbocycles. The van der Waals surface area contributed by atoms with Gasteiger partial charge in [0, 0.05) is 25.3 Å². The van der Waals surface area contributed by atoms with Gasteiger partial charge in [-0.2, -0.15) is 0 Å². The van der Waals surface area contributed by atoms with Gasteiger partial charge in [0.2, 0.25) is 5.91 Å². The summed E-state index contributed by atoms with van der Waals surface area (Å²) >= 11 is 0. The number of hydrogen-bond donors (Lipinski definition) is 3. The van der Waals surface area contributed by atoms with Crippen LogP contribution < -0.4 is 11.1 Å². The van der Waals surface area contributed by atoms with Gasteiger partial charge in [0.05, 0.1) is 0 Å². The zero-order chi connectivity index (χ0) is 15.7. The van der Waals surface area contributed by atoms with Crippen molar-refractivity contribution in [2.45, 2.75) is 39.5 Å². The van der Waals surface area contributed by atoms with Gasteiger partial charge in [-0.25, -0.2) is 0 Å². The highest BCUT2D eigenvalue weighted by Gasteiger charge is 2.12. The number of amides is 1. The first-order chi connectivity index (χ1) is 10.0. The molecule has 1 amide bonds. The van der Waals surface area contributed by atoms with Crippen LogP contribution in [0.5, 0.6) is 0 Å². The number of anilines is 1. The van der Waals surface area contributed by atoms with Crippen LogP contribution in [0.3, 0.4) is 0 Å². The van der Waals surface area contributed by atoms with E-state index >= 15 is 0 Å². The van der Waals surface area contributed by atoms with Gasteiger partial charge >= 0.3 is 0 Å². The van der Waals surface area contributed by atoms with E-state index in [-0.39, 0.29) is 24.9 Å². The Labute approximate surface area is 139 Å². The number of aliphatic hydroxyl groups excluding tert-OH is 1. The van der Waals surface area contributed by atoms with Gasteiger partial charge in [-0.3, -0.25) is 4.79 Å². The van der Waals surface area contributed by atoms with Crippen molar-refractivity contribution >= 4 is 24.0 Å². The quantitative estimate of drug-likeness (QED) is 0.610. The largest absolute Gasteiger partial charge is 0.399 e. The Morgan fingerprint density at radius 2 is 2.00 bits per heavy atom. The zero-order valence-electron chi connectivity index (χ0n) is 13.5. The van der Waals surface area contributed by atoms with Crippen molar-refractivity contribution in [3.05, 3.63) is 29.8 Å². The molecule has 1 aromatic carbocycles. The molecule has 0 aliphatic carbocycles. The second-order valence-electron chi connectivity index (χ2n) is 6.01. The van der Waals surface area contributed by atoms with E-state index < -0.39 is 0 Å². The number of nitrogen functional groups attached to an aromatic ring is 1. The molecular formula is C17H29ClN2O2. The van der Waals surface area contributed by atoms with Crippen molar-refractivity contribution in [3.63, 3.8) is 0 Å². The lowest BCUT2D eigenvalue weighted by molar-refractivity contribution is -0.121. The van der Waals surface area contributed by atoms with E-state index in [0.29, 0.717) is 31.2 Å². The molecule has 0 spiro atoms. The summed E-state index contributed by atoms with van der Waals surface area (Å²) in [5, 5.41) is 12.0. The highest BCUT2D eigenvalue weighted by atomic mass is 35.5. The molecule has 1 unspecified atom stereocenters. The van der Waals surface area contributed by atoms with Crippen LogP contribution in [0.25, 0.3) is 0 Å². The Bertz CT molecular complexity index is 438. The predicted octanol–water partition coefficient (Wildman–Crippen LogP) is 2.78. The summed E-state index contributed by atoms with van der Waals surface area (Å²) in [6, 6.07) is 7.64. The molecule has 0 fully saturated rings. The zero-order valence-corrected chi connectivity index (χ0v) is 14.4. The number of benzene rings is 1. The van der Waals surface area contributed by atoms with E-state index in [4.69, 9.17) is 10.8 Å². The Balaban J connectivity index is 0.00000441. The van der Waals surface area contributed by atoms with E-state index in [1.807, 2.05) is 24.3 Å². The molecule has 22 heavy (non-hydrogen) atoms. The smallest absolute Gasteiger partial charge is 0.220 e. The highest BCUT2D eigenvalue weighted by molar-refractivity contribution is 5.85. The Morgan fingerprint density at radius 1 is 1.32 bits per heavy atom. The molecule has 5 heteroatoms. The first-order valence-electron chi connectivity index (χ1n) is 7.73. The predicted molar refractivity (Wildman–Crippen MR) is 94.1 cm³/mol. The van der Waals surface area contributed by atoms with Crippen molar-refractivity contribution in [1.82, 2.24) is 5.32 Å². The lowest BCUT2D eigenvalue weighted by Gasteiger charge is -2.18. The second-order valence-corrected chi connectivity index (χ2v) is 6.01. The van der Waals surface area contributed by atoms with E-state index in [0.717, 1.165) is 24.1 Å². The van der Waals surface area contributed by atoms with Crippen LogP contribution in [0.4, 0.5) is 5.69 Å². The van der Waals surface area contributed by atoms with Crippen LogP contribution in [-0.4, -0.2) is 24.2 Å². The molecule has 1 aromatic rings. The number of hydrogen-bond acceptors (Lipinski definition) is 3. The summed E-state index contributed by atoms with van der Waals surface area (Å²) in [5.74, 6) is 0.966. The number of carbonyl (C=O) groups is 1. The van der Waals surface area contributed by atoms with Crippen LogP contribution in [0, 0.1) is 11.8 Å². The van der Waals surface area contributed by atoms with Crippen molar-refractivity contribution in [2.75, 3.05) is 18.9 Å². The minimum atomic E-state index is 0. The monoisotopic (exact) mass is 328 g/mol. The van der Waals surface area contributed by atoms with E-state index in [1.54, 1.807) is 0 Å². The number of para-hydroxylation sites is 1. The number of halogens is 1. The maximum absolute atomic E-state index is 11.9. The van der Waals surface area contributed by atoms with E-state index in [1.165, 1.54) is 0 Å². The molecule has 0 radical (unpaired) electrons. The van der Waals surface area contributed by atoms with Gasteiger partial charge in [-0.15, -0.1) is 12.4 Å². The Morgan fingerprint density at radius 3 is 2.59 bits per heavy atom. The molecule has 0 bridgehead atoms. The third kappa shape index (κ3) is 8.25. The fraction of sp³-hybridized carbons (Fsp3) is 0.588. The van der Waals surface area contributed by atoms with Crippen molar-refractivity contribution in [1.29, 1.82) is 0 Å². The molecule has 4 nitrogen and oxygen atoms in total. The number of nitrogens with one attached hydrogen (secondary N) is 1. The molecule has 0 saturated heterocycles. The minimum absolute atomic E-state index is 0. The fourth-order valence-electron chi connectivity index (χ4n) is 2.51. The molecule has 1 rings (SSSR count). The molecule has 4 N–H and O–H groups in total.